The molecule has 0 fully saturated rings. The number of fused-ring (bicyclic) bond motifs is 1. The van der Waals surface area contributed by atoms with E-state index >= 15 is 0 Å². The van der Waals surface area contributed by atoms with Crippen molar-refractivity contribution >= 4 is 16.8 Å². The second-order valence-corrected chi connectivity index (χ2v) is 6.01. The Morgan fingerprint density at radius 1 is 1.43 bits per heavy atom. The van der Waals surface area contributed by atoms with Crippen LogP contribution in [0.4, 0.5) is 0 Å². The van der Waals surface area contributed by atoms with Crippen molar-refractivity contribution in [2.45, 2.75) is 32.8 Å². The van der Waals surface area contributed by atoms with Crippen molar-refractivity contribution in [3.63, 3.8) is 0 Å². The number of carbonyl (C=O) groups excluding carboxylic acids is 1. The molecule has 1 aromatic carbocycles. The highest BCUT2D eigenvalue weighted by Crippen LogP contribution is 2.21. The van der Waals surface area contributed by atoms with E-state index in [1.165, 1.54) is 0 Å². The Balaban J connectivity index is 2.16. The molecule has 114 valence electrons. The lowest BCUT2D eigenvalue weighted by molar-refractivity contribution is 0.00594. The van der Waals surface area contributed by atoms with Gasteiger partial charge in [0.05, 0.1) is 5.60 Å². The molecule has 1 heterocycles. The molecule has 2 atom stereocenters. The van der Waals surface area contributed by atoms with Crippen LogP contribution in [0.2, 0.25) is 0 Å². The van der Waals surface area contributed by atoms with Gasteiger partial charge in [0.2, 0.25) is 0 Å². The molecule has 2 N–H and O–H groups in total. The van der Waals surface area contributed by atoms with Gasteiger partial charge in [0.25, 0.3) is 5.91 Å². The highest BCUT2D eigenvalue weighted by Gasteiger charge is 2.27. The lowest BCUT2D eigenvalue weighted by Gasteiger charge is -2.29. The summed E-state index contributed by atoms with van der Waals surface area (Å²) < 4.78 is 1.99. The molecule has 2 unspecified atom stereocenters. The van der Waals surface area contributed by atoms with Gasteiger partial charge in [0.15, 0.2) is 0 Å². The predicted molar refractivity (Wildman–Crippen MR) is 85.3 cm³/mol. The van der Waals surface area contributed by atoms with Crippen LogP contribution < -0.4 is 5.32 Å². The summed E-state index contributed by atoms with van der Waals surface area (Å²) in [6.45, 7) is 6.05. The van der Waals surface area contributed by atoms with Gasteiger partial charge in [-0.25, -0.2) is 0 Å². The van der Waals surface area contributed by atoms with Crippen molar-refractivity contribution in [2.24, 2.45) is 13.0 Å². The van der Waals surface area contributed by atoms with Crippen molar-refractivity contribution in [1.29, 1.82) is 0 Å². The zero-order chi connectivity index (χ0) is 15.6. The normalized spacial score (nSPS) is 15.7. The minimum Gasteiger partial charge on any atom is -0.388 e. The van der Waals surface area contributed by atoms with E-state index in [9.17, 15) is 9.90 Å². The largest absolute Gasteiger partial charge is 0.388 e. The van der Waals surface area contributed by atoms with E-state index in [0.717, 1.165) is 17.3 Å². The molecule has 0 bridgehead atoms. The number of hydrogen-bond acceptors (Lipinski definition) is 2. The molecule has 0 aliphatic carbocycles. The Morgan fingerprint density at radius 2 is 2.14 bits per heavy atom. The Kier molecular flexibility index (Phi) is 4.37. The molecule has 0 saturated carbocycles. The van der Waals surface area contributed by atoms with E-state index in [4.69, 9.17) is 0 Å². The maximum absolute atomic E-state index is 12.4. The first-order valence-corrected chi connectivity index (χ1v) is 7.41. The Hall–Kier alpha value is -1.81. The molecule has 2 rings (SSSR count). The molecule has 0 aliphatic rings. The third-order valence-electron chi connectivity index (χ3n) is 4.45. The summed E-state index contributed by atoms with van der Waals surface area (Å²) >= 11 is 0. The molecule has 0 aliphatic heterocycles. The van der Waals surface area contributed by atoms with Gasteiger partial charge >= 0.3 is 0 Å². The predicted octanol–water partition coefficient (Wildman–Crippen LogP) is 2.71. The second kappa shape index (κ2) is 5.90. The minimum atomic E-state index is -0.894. The average molecular weight is 288 g/mol. The van der Waals surface area contributed by atoms with Crippen LogP contribution in [0, 0.1) is 5.92 Å². The summed E-state index contributed by atoms with van der Waals surface area (Å²) in [5, 5.41) is 14.2. The van der Waals surface area contributed by atoms with E-state index < -0.39 is 5.60 Å². The lowest BCUT2D eigenvalue weighted by Crippen LogP contribution is -2.45. The van der Waals surface area contributed by atoms with Gasteiger partial charge in [0, 0.05) is 36.3 Å². The number of nitrogens with one attached hydrogen (secondary N) is 1. The third kappa shape index (κ3) is 3.10. The van der Waals surface area contributed by atoms with Gasteiger partial charge in [-0.2, -0.15) is 0 Å². The number of carbonyl (C=O) groups is 1. The number of aryl methyl sites for hydroxylation is 1. The van der Waals surface area contributed by atoms with Crippen molar-refractivity contribution in [3.8, 4) is 0 Å². The number of hydrogen-bond donors (Lipinski definition) is 2. The van der Waals surface area contributed by atoms with E-state index in [2.05, 4.69) is 5.32 Å². The van der Waals surface area contributed by atoms with Crippen LogP contribution in [0.15, 0.2) is 30.5 Å². The summed E-state index contributed by atoms with van der Waals surface area (Å²) in [6.07, 6.45) is 2.81. The molecular formula is C17H24N2O2. The van der Waals surface area contributed by atoms with Crippen molar-refractivity contribution in [1.82, 2.24) is 9.88 Å². The zero-order valence-electron chi connectivity index (χ0n) is 13.2. The molecule has 4 heteroatoms. The van der Waals surface area contributed by atoms with Crippen molar-refractivity contribution < 1.29 is 9.90 Å². The average Bonchev–Trinajstić information content (AvgIpc) is 2.85. The van der Waals surface area contributed by atoms with Crippen LogP contribution in [0.3, 0.4) is 0 Å². The summed E-state index contributed by atoms with van der Waals surface area (Å²) in [5.41, 5.74) is 0.777. The zero-order valence-corrected chi connectivity index (χ0v) is 13.2. The highest BCUT2D eigenvalue weighted by atomic mass is 16.3. The minimum absolute atomic E-state index is 0.130. The number of benzene rings is 1. The first kappa shape index (κ1) is 15.6. The van der Waals surface area contributed by atoms with Crippen LogP contribution in [0.1, 0.15) is 37.6 Å². The van der Waals surface area contributed by atoms with Crippen LogP contribution in [-0.2, 0) is 7.05 Å². The Labute approximate surface area is 125 Å². The number of rotatable bonds is 5. The number of aliphatic hydroxyl groups is 1. The molecule has 0 saturated heterocycles. The van der Waals surface area contributed by atoms with Crippen LogP contribution in [-0.4, -0.2) is 27.7 Å². The Bertz CT molecular complexity index is 643. The van der Waals surface area contributed by atoms with Crippen LogP contribution in [0.5, 0.6) is 0 Å². The SMILES string of the molecule is CCC(C)C(C)(O)CNC(=O)c1cccc2c1ccn2C. The van der Waals surface area contributed by atoms with Gasteiger partial charge in [-0.15, -0.1) is 0 Å². The first-order valence-electron chi connectivity index (χ1n) is 7.41. The topological polar surface area (TPSA) is 54.3 Å². The van der Waals surface area contributed by atoms with E-state index in [0.29, 0.717) is 5.56 Å². The second-order valence-electron chi connectivity index (χ2n) is 6.01. The molecule has 2 aromatic rings. The highest BCUT2D eigenvalue weighted by molar-refractivity contribution is 6.06. The molecule has 1 aromatic heterocycles. The smallest absolute Gasteiger partial charge is 0.252 e. The van der Waals surface area contributed by atoms with Gasteiger partial charge in [0.1, 0.15) is 0 Å². The fourth-order valence-electron chi connectivity index (χ4n) is 2.47. The lowest BCUT2D eigenvalue weighted by atomic mass is 9.88. The number of nitrogens with zero attached hydrogens (tertiary/aromatic N) is 1. The summed E-state index contributed by atoms with van der Waals surface area (Å²) in [5.74, 6) is -0.0132. The van der Waals surface area contributed by atoms with Crippen LogP contribution >= 0.6 is 0 Å². The summed E-state index contributed by atoms with van der Waals surface area (Å²) in [6, 6.07) is 7.62. The molecule has 21 heavy (non-hydrogen) atoms. The summed E-state index contributed by atoms with van der Waals surface area (Å²) in [7, 11) is 1.96. The van der Waals surface area contributed by atoms with Gasteiger partial charge in [-0.3, -0.25) is 4.79 Å². The maximum atomic E-state index is 12.4. The molecule has 1 amide bonds. The monoisotopic (exact) mass is 288 g/mol. The van der Waals surface area contributed by atoms with Gasteiger partial charge < -0.3 is 15.0 Å². The fraction of sp³-hybridized carbons (Fsp3) is 0.471. The molecule has 0 spiro atoms. The standard InChI is InChI=1S/C17H24N2O2/c1-5-12(2)17(3,21)11-18-16(20)14-7-6-8-15-13(14)9-10-19(15)4/h6-10,12,21H,5,11H2,1-4H3,(H,18,20). The Morgan fingerprint density at radius 3 is 2.81 bits per heavy atom. The first-order chi connectivity index (χ1) is 9.86. The summed E-state index contributed by atoms with van der Waals surface area (Å²) in [4.78, 5) is 12.4. The molecule has 4 nitrogen and oxygen atoms in total. The van der Waals surface area contributed by atoms with E-state index in [1.54, 1.807) is 6.92 Å². The molecule has 0 radical (unpaired) electrons. The van der Waals surface area contributed by atoms with Crippen molar-refractivity contribution in [3.05, 3.63) is 36.0 Å². The quantitative estimate of drug-likeness (QED) is 0.889. The maximum Gasteiger partial charge on any atom is 0.252 e. The van der Waals surface area contributed by atoms with Gasteiger partial charge in [-0.05, 0) is 31.0 Å². The third-order valence-corrected chi connectivity index (χ3v) is 4.45. The van der Waals surface area contributed by atoms with E-state index in [1.807, 2.05) is 55.9 Å². The van der Waals surface area contributed by atoms with Gasteiger partial charge in [-0.1, -0.05) is 26.3 Å². The fourth-order valence-corrected chi connectivity index (χ4v) is 2.47. The molecular weight excluding hydrogens is 264 g/mol. The number of aromatic nitrogens is 1. The number of amides is 1. The van der Waals surface area contributed by atoms with Crippen molar-refractivity contribution in [2.75, 3.05) is 6.54 Å². The van der Waals surface area contributed by atoms with Crippen LogP contribution in [0.25, 0.3) is 10.9 Å². The van der Waals surface area contributed by atoms with E-state index in [-0.39, 0.29) is 18.4 Å².